The van der Waals surface area contributed by atoms with Crippen LogP contribution in [0.3, 0.4) is 0 Å². The minimum absolute atomic E-state index is 0.0771. The normalized spacial score (nSPS) is 20.3. The Hall–Kier alpha value is -3.22. The number of furan rings is 1. The minimum atomic E-state index is -1.28. The molecule has 1 fully saturated rings. The molecule has 1 aromatic carbocycles. The van der Waals surface area contributed by atoms with Crippen LogP contribution in [0.5, 0.6) is 0 Å². The first-order chi connectivity index (χ1) is 12.0. The maximum Gasteiger partial charge on any atom is 0.325 e. The summed E-state index contributed by atoms with van der Waals surface area (Å²) in [6.07, 6.45) is 3.02. The SMILES string of the molecule is CC1(c2ccco2)NC(=O)N(Cc2cc(F)cc3cccnc23)C1=O. The van der Waals surface area contributed by atoms with Gasteiger partial charge < -0.3 is 9.73 Å². The molecule has 1 aliphatic rings. The molecule has 0 spiro atoms. The topological polar surface area (TPSA) is 75.4 Å². The quantitative estimate of drug-likeness (QED) is 0.745. The van der Waals surface area contributed by atoms with Crippen molar-refractivity contribution in [3.8, 4) is 0 Å². The number of benzene rings is 1. The summed E-state index contributed by atoms with van der Waals surface area (Å²) in [4.78, 5) is 30.5. The number of halogens is 1. The number of hydrogen-bond donors (Lipinski definition) is 1. The molecule has 126 valence electrons. The average molecular weight is 339 g/mol. The minimum Gasteiger partial charge on any atom is -0.466 e. The van der Waals surface area contributed by atoms with Crippen molar-refractivity contribution in [2.45, 2.75) is 19.0 Å². The van der Waals surface area contributed by atoms with Crippen LogP contribution in [0.25, 0.3) is 10.9 Å². The van der Waals surface area contributed by atoms with Crippen molar-refractivity contribution in [2.75, 3.05) is 0 Å². The van der Waals surface area contributed by atoms with E-state index in [0.29, 0.717) is 22.2 Å². The molecular formula is C18H14FN3O3. The largest absolute Gasteiger partial charge is 0.466 e. The zero-order valence-corrected chi connectivity index (χ0v) is 13.3. The number of amides is 3. The molecule has 0 aliphatic carbocycles. The van der Waals surface area contributed by atoms with Gasteiger partial charge in [0.1, 0.15) is 11.6 Å². The molecule has 4 rings (SSSR count). The highest BCUT2D eigenvalue weighted by molar-refractivity contribution is 6.07. The Bertz CT molecular complexity index is 986. The lowest BCUT2D eigenvalue weighted by Gasteiger charge is -2.19. The molecule has 2 aromatic heterocycles. The van der Waals surface area contributed by atoms with E-state index < -0.39 is 23.3 Å². The van der Waals surface area contributed by atoms with Crippen molar-refractivity contribution in [3.05, 3.63) is 66.0 Å². The van der Waals surface area contributed by atoms with Crippen molar-refractivity contribution in [3.63, 3.8) is 0 Å². The average Bonchev–Trinajstić information content (AvgIpc) is 3.19. The first-order valence-corrected chi connectivity index (χ1v) is 7.70. The van der Waals surface area contributed by atoms with Gasteiger partial charge in [-0.2, -0.15) is 0 Å². The molecule has 1 atom stereocenters. The van der Waals surface area contributed by atoms with E-state index in [2.05, 4.69) is 10.3 Å². The van der Waals surface area contributed by atoms with Gasteiger partial charge in [-0.1, -0.05) is 6.07 Å². The van der Waals surface area contributed by atoms with Crippen molar-refractivity contribution < 1.29 is 18.4 Å². The number of hydrogen-bond acceptors (Lipinski definition) is 4. The van der Waals surface area contributed by atoms with Gasteiger partial charge in [-0.15, -0.1) is 0 Å². The molecule has 0 saturated carbocycles. The zero-order valence-electron chi connectivity index (χ0n) is 13.3. The van der Waals surface area contributed by atoms with E-state index in [9.17, 15) is 14.0 Å². The van der Waals surface area contributed by atoms with Crippen LogP contribution in [0, 0.1) is 5.82 Å². The first-order valence-electron chi connectivity index (χ1n) is 7.70. The Morgan fingerprint density at radius 3 is 2.88 bits per heavy atom. The number of urea groups is 1. The fourth-order valence-corrected chi connectivity index (χ4v) is 3.09. The number of nitrogens with zero attached hydrogens (tertiary/aromatic N) is 2. The summed E-state index contributed by atoms with van der Waals surface area (Å²) in [5.41, 5.74) is -0.268. The number of pyridine rings is 1. The van der Waals surface area contributed by atoms with E-state index in [-0.39, 0.29) is 6.54 Å². The molecule has 25 heavy (non-hydrogen) atoms. The van der Waals surface area contributed by atoms with E-state index in [0.717, 1.165) is 4.90 Å². The van der Waals surface area contributed by atoms with Crippen LogP contribution in [-0.4, -0.2) is 21.8 Å². The van der Waals surface area contributed by atoms with Crippen LogP contribution >= 0.6 is 0 Å². The standard InChI is InChI=1S/C18H14FN3O3/c1-18(14-5-3-7-25-14)16(23)22(17(24)21-18)10-12-9-13(19)8-11-4-2-6-20-15(11)12/h2-9H,10H2,1H3,(H,21,24). The molecule has 1 N–H and O–H groups in total. The predicted octanol–water partition coefficient (Wildman–Crippen LogP) is 2.93. The van der Waals surface area contributed by atoms with Gasteiger partial charge in [-0.25, -0.2) is 9.18 Å². The summed E-state index contributed by atoms with van der Waals surface area (Å²) in [7, 11) is 0. The number of nitrogens with one attached hydrogen (secondary N) is 1. The number of carbonyl (C=O) groups is 2. The van der Waals surface area contributed by atoms with Crippen LogP contribution in [0.1, 0.15) is 18.2 Å². The van der Waals surface area contributed by atoms with Gasteiger partial charge in [0.15, 0.2) is 5.54 Å². The summed E-state index contributed by atoms with van der Waals surface area (Å²) in [5.74, 6) is -0.562. The summed E-state index contributed by atoms with van der Waals surface area (Å²) in [6, 6.07) is 8.80. The van der Waals surface area contributed by atoms with Gasteiger partial charge in [0.25, 0.3) is 5.91 Å². The number of rotatable bonds is 3. The Morgan fingerprint density at radius 2 is 2.12 bits per heavy atom. The summed E-state index contributed by atoms with van der Waals surface area (Å²) in [6.45, 7) is 1.50. The highest BCUT2D eigenvalue weighted by Crippen LogP contribution is 2.31. The van der Waals surface area contributed by atoms with Crippen molar-refractivity contribution >= 4 is 22.8 Å². The highest BCUT2D eigenvalue weighted by atomic mass is 19.1. The van der Waals surface area contributed by atoms with Gasteiger partial charge in [0, 0.05) is 17.1 Å². The lowest BCUT2D eigenvalue weighted by atomic mass is 9.99. The smallest absolute Gasteiger partial charge is 0.325 e. The summed E-state index contributed by atoms with van der Waals surface area (Å²) in [5, 5.41) is 3.25. The third kappa shape index (κ3) is 2.36. The maximum absolute atomic E-state index is 13.9. The molecule has 3 heterocycles. The van der Waals surface area contributed by atoms with Crippen LogP contribution < -0.4 is 5.32 Å². The first kappa shape index (κ1) is 15.3. The number of aromatic nitrogens is 1. The van der Waals surface area contributed by atoms with E-state index in [4.69, 9.17) is 4.42 Å². The third-order valence-electron chi connectivity index (χ3n) is 4.37. The number of imide groups is 1. The van der Waals surface area contributed by atoms with Crippen LogP contribution in [0.15, 0.2) is 53.3 Å². The summed E-state index contributed by atoms with van der Waals surface area (Å²) < 4.78 is 19.2. The molecule has 3 aromatic rings. The van der Waals surface area contributed by atoms with Crippen LogP contribution in [-0.2, 0) is 16.9 Å². The highest BCUT2D eigenvalue weighted by Gasteiger charge is 2.50. The maximum atomic E-state index is 13.9. The molecule has 1 aliphatic heterocycles. The second-order valence-electron chi connectivity index (χ2n) is 6.06. The second-order valence-corrected chi connectivity index (χ2v) is 6.06. The van der Waals surface area contributed by atoms with E-state index in [1.165, 1.54) is 18.4 Å². The lowest BCUT2D eigenvalue weighted by Crippen LogP contribution is -2.40. The van der Waals surface area contributed by atoms with Crippen molar-refractivity contribution in [1.29, 1.82) is 0 Å². The summed E-state index contributed by atoms with van der Waals surface area (Å²) >= 11 is 0. The fourth-order valence-electron chi connectivity index (χ4n) is 3.09. The number of fused-ring (bicyclic) bond motifs is 1. The van der Waals surface area contributed by atoms with E-state index >= 15 is 0 Å². The molecule has 1 saturated heterocycles. The van der Waals surface area contributed by atoms with Gasteiger partial charge >= 0.3 is 6.03 Å². The molecule has 3 amide bonds. The monoisotopic (exact) mass is 339 g/mol. The Balaban J connectivity index is 1.72. The Labute approximate surface area is 142 Å². The van der Waals surface area contributed by atoms with Gasteiger partial charge in [0.2, 0.25) is 0 Å². The van der Waals surface area contributed by atoms with Crippen molar-refractivity contribution in [2.24, 2.45) is 0 Å². The third-order valence-corrected chi connectivity index (χ3v) is 4.37. The molecule has 6 nitrogen and oxygen atoms in total. The van der Waals surface area contributed by atoms with Gasteiger partial charge in [-0.3, -0.25) is 14.7 Å². The zero-order chi connectivity index (χ0) is 17.6. The van der Waals surface area contributed by atoms with Crippen molar-refractivity contribution in [1.82, 2.24) is 15.2 Å². The lowest BCUT2D eigenvalue weighted by molar-refractivity contribution is -0.132. The molecule has 7 heteroatoms. The molecule has 1 unspecified atom stereocenters. The predicted molar refractivity (Wildman–Crippen MR) is 86.8 cm³/mol. The van der Waals surface area contributed by atoms with Crippen LogP contribution in [0.2, 0.25) is 0 Å². The molecule has 0 radical (unpaired) electrons. The van der Waals surface area contributed by atoms with Gasteiger partial charge in [0.05, 0.1) is 18.3 Å². The van der Waals surface area contributed by atoms with Gasteiger partial charge in [-0.05, 0) is 37.3 Å². The molecule has 0 bridgehead atoms. The number of carbonyl (C=O) groups excluding carboxylic acids is 2. The van der Waals surface area contributed by atoms with E-state index in [1.807, 2.05) is 0 Å². The molecular weight excluding hydrogens is 325 g/mol. The van der Waals surface area contributed by atoms with Crippen LogP contribution in [0.4, 0.5) is 9.18 Å². The fraction of sp³-hybridized carbons (Fsp3) is 0.167. The van der Waals surface area contributed by atoms with E-state index in [1.54, 1.807) is 37.4 Å². The Kier molecular flexibility index (Phi) is 3.31. The second kappa shape index (κ2) is 5.41. The Morgan fingerprint density at radius 1 is 1.28 bits per heavy atom.